The van der Waals surface area contributed by atoms with E-state index in [1.165, 1.54) is 0 Å². The van der Waals surface area contributed by atoms with Gasteiger partial charge in [0.05, 0.1) is 0 Å². The van der Waals surface area contributed by atoms with E-state index in [2.05, 4.69) is 0 Å². The van der Waals surface area contributed by atoms with Gasteiger partial charge in [-0.15, -0.1) is 0 Å². The Morgan fingerprint density at radius 2 is 0.778 bits per heavy atom. The lowest BCUT2D eigenvalue weighted by Crippen LogP contribution is -2.11. The highest BCUT2D eigenvalue weighted by molar-refractivity contribution is 7.61. The van der Waals surface area contributed by atoms with Gasteiger partial charge in [0, 0.05) is 22.3 Å². The maximum absolute atomic E-state index is 13.2. The molecule has 0 atom stereocenters. The van der Waals surface area contributed by atoms with Crippen LogP contribution in [-0.4, -0.2) is 11.6 Å². The lowest BCUT2D eigenvalue weighted by atomic mass is 9.93. The predicted molar refractivity (Wildman–Crippen MR) is 148 cm³/mol. The van der Waals surface area contributed by atoms with Crippen molar-refractivity contribution in [3.63, 3.8) is 0 Å². The Hall–Kier alpha value is -3.68. The zero-order chi connectivity index (χ0) is 26.1. The molecule has 0 N–H and O–H groups in total. The van der Waals surface area contributed by atoms with Gasteiger partial charge in [-0.1, -0.05) is 40.0 Å². The zero-order valence-electron chi connectivity index (χ0n) is 21.6. The number of hydrogen-bond acceptors (Lipinski definition) is 3. The molecule has 0 aliphatic carbocycles. The zero-order valence-corrected chi connectivity index (χ0v) is 22.5. The topological polar surface area (TPSA) is 51.2 Å². The second-order valence-corrected chi connectivity index (χ2v) is 11.2. The van der Waals surface area contributed by atoms with Crippen molar-refractivity contribution in [2.45, 2.75) is 41.5 Å². The molecule has 4 aromatic carbocycles. The van der Waals surface area contributed by atoms with E-state index in [4.69, 9.17) is 0 Å². The fraction of sp³-hybridized carbons (Fsp3) is 0.188. The third-order valence-electron chi connectivity index (χ3n) is 6.54. The molecule has 3 nitrogen and oxygen atoms in total. The maximum atomic E-state index is 13.2. The third-order valence-corrected chi connectivity index (χ3v) is 8.07. The number of rotatable bonds is 6. The molecule has 4 aromatic rings. The van der Waals surface area contributed by atoms with Crippen LogP contribution in [-0.2, 0) is 4.57 Å². The van der Waals surface area contributed by atoms with Crippen molar-refractivity contribution in [1.29, 1.82) is 0 Å². The first-order valence-corrected chi connectivity index (χ1v) is 13.2. The number of carbonyl (C=O) groups is 2. The molecule has 0 heterocycles. The van der Waals surface area contributed by atoms with Gasteiger partial charge in [-0.3, -0.25) is 9.59 Å². The molecular weight excluding hydrogens is 463 g/mol. The second-order valence-electron chi connectivity index (χ2n) is 9.59. The van der Waals surface area contributed by atoms with Gasteiger partial charge in [-0.2, -0.15) is 0 Å². The highest BCUT2D eigenvalue weighted by Crippen LogP contribution is 2.24. The number of benzene rings is 4. The van der Waals surface area contributed by atoms with Gasteiger partial charge in [0.2, 0.25) is 0 Å². The number of aryl methyl sites for hydroxylation is 6. The van der Waals surface area contributed by atoms with Gasteiger partial charge in [0.1, 0.15) is 0 Å². The fourth-order valence-electron chi connectivity index (χ4n) is 5.01. The molecule has 0 spiro atoms. The summed E-state index contributed by atoms with van der Waals surface area (Å²) in [5.74, 6) is -0.0623. The summed E-state index contributed by atoms with van der Waals surface area (Å²) >= 11 is 0. The standard InChI is InChI=1S/C32H30O3P/c1-19-15-21(3)29(22(4)16-19)31(33)25-7-11-27(12-8-25)36(35)28-13-9-26(10-14-28)32(34)30-23(5)17-20(2)18-24(30)6/h7-18H,1-6H3/q+1. The fourth-order valence-corrected chi connectivity index (χ4v) is 6.15. The van der Waals surface area contributed by atoms with Crippen molar-refractivity contribution in [2.24, 2.45) is 0 Å². The summed E-state index contributed by atoms with van der Waals surface area (Å²) in [5, 5.41) is 1.28. The van der Waals surface area contributed by atoms with Crippen LogP contribution in [0.1, 0.15) is 65.2 Å². The van der Waals surface area contributed by atoms with Crippen LogP contribution in [0.2, 0.25) is 0 Å². The Morgan fingerprint density at radius 3 is 1.06 bits per heavy atom. The van der Waals surface area contributed by atoms with Crippen LogP contribution < -0.4 is 10.6 Å². The predicted octanol–water partition coefficient (Wildman–Crippen LogP) is 6.78. The van der Waals surface area contributed by atoms with E-state index in [-0.39, 0.29) is 11.6 Å². The number of ketones is 2. The molecule has 0 aromatic heterocycles. The van der Waals surface area contributed by atoms with E-state index in [9.17, 15) is 14.2 Å². The maximum Gasteiger partial charge on any atom is 0.415 e. The van der Waals surface area contributed by atoms with Crippen LogP contribution in [0, 0.1) is 41.5 Å². The van der Waals surface area contributed by atoms with Crippen molar-refractivity contribution in [1.82, 2.24) is 0 Å². The SMILES string of the molecule is Cc1cc(C)c(C(=O)c2ccc([P+](=O)c3ccc(C(=O)c4c(C)cc(C)cc4C)cc3)cc2)c(C)c1. The van der Waals surface area contributed by atoms with Gasteiger partial charge in [-0.25, -0.2) is 0 Å². The molecule has 0 aliphatic rings. The first kappa shape index (κ1) is 25.4. The molecule has 0 saturated heterocycles. The van der Waals surface area contributed by atoms with E-state index in [1.54, 1.807) is 48.5 Å². The molecule has 36 heavy (non-hydrogen) atoms. The Balaban J connectivity index is 1.55. The Bertz CT molecular complexity index is 1350. The van der Waals surface area contributed by atoms with Crippen LogP contribution in [0.4, 0.5) is 0 Å². The monoisotopic (exact) mass is 493 g/mol. The van der Waals surface area contributed by atoms with Gasteiger partial charge in [0.15, 0.2) is 22.2 Å². The molecule has 0 saturated carbocycles. The third kappa shape index (κ3) is 4.98. The van der Waals surface area contributed by atoms with Crippen molar-refractivity contribution in [3.8, 4) is 0 Å². The van der Waals surface area contributed by atoms with Crippen molar-refractivity contribution >= 4 is 30.0 Å². The van der Waals surface area contributed by atoms with Crippen LogP contribution in [0.25, 0.3) is 0 Å². The molecule has 0 aliphatic heterocycles. The molecule has 0 amide bonds. The van der Waals surface area contributed by atoms with E-state index in [0.29, 0.717) is 21.7 Å². The Kier molecular flexibility index (Phi) is 7.15. The molecule has 0 radical (unpaired) electrons. The summed E-state index contributed by atoms with van der Waals surface area (Å²) in [4.78, 5) is 26.3. The molecule has 4 rings (SSSR count). The van der Waals surface area contributed by atoms with Gasteiger partial charge >= 0.3 is 7.80 Å². The molecule has 0 unspecified atom stereocenters. The normalized spacial score (nSPS) is 10.8. The first-order chi connectivity index (χ1) is 17.1. The highest BCUT2D eigenvalue weighted by Gasteiger charge is 2.25. The summed E-state index contributed by atoms with van der Waals surface area (Å²) in [5.41, 5.74) is 8.67. The molecule has 0 bridgehead atoms. The van der Waals surface area contributed by atoms with Crippen LogP contribution in [0.3, 0.4) is 0 Å². The summed E-state index contributed by atoms with van der Waals surface area (Å²) in [6.45, 7) is 11.9. The average Bonchev–Trinajstić information content (AvgIpc) is 2.82. The number of hydrogen-bond donors (Lipinski definition) is 0. The Morgan fingerprint density at radius 1 is 0.500 bits per heavy atom. The molecule has 4 heteroatoms. The largest absolute Gasteiger partial charge is 0.415 e. The van der Waals surface area contributed by atoms with E-state index >= 15 is 0 Å². The van der Waals surface area contributed by atoms with Crippen molar-refractivity contribution in [3.05, 3.63) is 128 Å². The second kappa shape index (κ2) is 10.1. The molecule has 0 fully saturated rings. The summed E-state index contributed by atoms with van der Waals surface area (Å²) in [7, 11) is -1.85. The van der Waals surface area contributed by atoms with Crippen LogP contribution >= 0.6 is 7.80 Å². The first-order valence-electron chi connectivity index (χ1n) is 12.0. The molecule has 180 valence electrons. The van der Waals surface area contributed by atoms with Crippen LogP contribution in [0.15, 0.2) is 72.8 Å². The minimum Gasteiger partial charge on any atom is -0.289 e. The van der Waals surface area contributed by atoms with E-state index in [1.807, 2.05) is 65.8 Å². The summed E-state index contributed by atoms with van der Waals surface area (Å²) < 4.78 is 13.2. The smallest absolute Gasteiger partial charge is 0.289 e. The van der Waals surface area contributed by atoms with Gasteiger partial charge < -0.3 is 0 Å². The van der Waals surface area contributed by atoms with Crippen LogP contribution in [0.5, 0.6) is 0 Å². The minimum atomic E-state index is -1.85. The lowest BCUT2D eigenvalue weighted by Gasteiger charge is -2.10. The van der Waals surface area contributed by atoms with Gasteiger partial charge in [0.25, 0.3) is 0 Å². The summed E-state index contributed by atoms with van der Waals surface area (Å²) in [6, 6.07) is 22.0. The minimum absolute atomic E-state index is 0.0312. The number of carbonyl (C=O) groups excluding carboxylic acids is 2. The average molecular weight is 494 g/mol. The van der Waals surface area contributed by atoms with Gasteiger partial charge in [-0.05, 0) is 112 Å². The Labute approximate surface area is 214 Å². The molecular formula is C32H30O3P+. The quantitative estimate of drug-likeness (QED) is 0.220. The van der Waals surface area contributed by atoms with Crippen molar-refractivity contribution in [2.75, 3.05) is 0 Å². The van der Waals surface area contributed by atoms with E-state index < -0.39 is 7.80 Å². The van der Waals surface area contributed by atoms with E-state index in [0.717, 1.165) is 44.5 Å². The summed E-state index contributed by atoms with van der Waals surface area (Å²) in [6.07, 6.45) is 0. The highest BCUT2D eigenvalue weighted by atomic mass is 31.1. The van der Waals surface area contributed by atoms with Crippen molar-refractivity contribution < 1.29 is 14.2 Å². The lowest BCUT2D eigenvalue weighted by molar-refractivity contribution is 0.102.